The van der Waals surface area contributed by atoms with Crippen molar-refractivity contribution in [1.82, 2.24) is 9.97 Å². The molecule has 0 fully saturated rings. The topological polar surface area (TPSA) is 85.1 Å². The van der Waals surface area contributed by atoms with Gasteiger partial charge in [-0.1, -0.05) is 29.3 Å². The van der Waals surface area contributed by atoms with Crippen molar-refractivity contribution in [3.63, 3.8) is 0 Å². The van der Waals surface area contributed by atoms with Crippen molar-refractivity contribution < 1.29 is 4.74 Å². The predicted octanol–water partition coefficient (Wildman–Crippen LogP) is 5.49. The molecular formula is C20H22BrN5O. The number of hydrogen-bond donors (Lipinski definition) is 3. The second kappa shape index (κ2) is 9.23. The molecule has 140 valence electrons. The van der Waals surface area contributed by atoms with E-state index in [9.17, 15) is 0 Å². The second-order valence-corrected chi connectivity index (χ2v) is 6.88. The minimum atomic E-state index is 0.448. The van der Waals surface area contributed by atoms with Crippen LogP contribution in [-0.4, -0.2) is 16.6 Å². The molecule has 7 heteroatoms. The van der Waals surface area contributed by atoms with Gasteiger partial charge in [0.1, 0.15) is 17.8 Å². The Hall–Kier alpha value is -2.80. The van der Waals surface area contributed by atoms with Crippen molar-refractivity contribution in [2.75, 3.05) is 23.0 Å². The van der Waals surface area contributed by atoms with Crippen LogP contribution in [0.1, 0.15) is 19.8 Å². The smallest absolute Gasteiger partial charge is 0.159 e. The average molecular weight is 428 g/mol. The second-order valence-electron chi connectivity index (χ2n) is 5.97. The van der Waals surface area contributed by atoms with Gasteiger partial charge in [0.25, 0.3) is 0 Å². The van der Waals surface area contributed by atoms with Crippen LogP contribution in [0.25, 0.3) is 0 Å². The molecule has 0 aliphatic rings. The Morgan fingerprint density at radius 1 is 0.926 bits per heavy atom. The van der Waals surface area contributed by atoms with Gasteiger partial charge in [0, 0.05) is 15.8 Å². The molecule has 0 unspecified atom stereocenters. The van der Waals surface area contributed by atoms with E-state index in [1.54, 1.807) is 0 Å². The van der Waals surface area contributed by atoms with Crippen LogP contribution in [0.15, 0.2) is 59.3 Å². The van der Waals surface area contributed by atoms with E-state index in [1.807, 2.05) is 48.5 Å². The SMILES string of the molecule is CCCCOc1ccc(Nc2ncnc(Nc3ccc(Br)cc3)c2N)cc1. The van der Waals surface area contributed by atoms with Crippen LogP contribution in [0.2, 0.25) is 0 Å². The summed E-state index contributed by atoms with van der Waals surface area (Å²) >= 11 is 3.42. The van der Waals surface area contributed by atoms with Gasteiger partial charge in [-0.3, -0.25) is 0 Å². The zero-order valence-corrected chi connectivity index (χ0v) is 16.7. The third kappa shape index (κ3) is 5.34. The zero-order chi connectivity index (χ0) is 19.1. The van der Waals surface area contributed by atoms with Crippen molar-refractivity contribution in [3.8, 4) is 5.75 Å². The van der Waals surface area contributed by atoms with Crippen molar-refractivity contribution in [2.24, 2.45) is 0 Å². The Balaban J connectivity index is 1.69. The average Bonchev–Trinajstić information content (AvgIpc) is 2.68. The molecule has 3 rings (SSSR count). The fraction of sp³-hybridized carbons (Fsp3) is 0.200. The third-order valence-corrected chi connectivity index (χ3v) is 4.40. The van der Waals surface area contributed by atoms with Crippen LogP contribution in [-0.2, 0) is 0 Å². The lowest BCUT2D eigenvalue weighted by molar-refractivity contribution is 0.309. The first kappa shape index (κ1) is 19.0. The van der Waals surface area contributed by atoms with Crippen LogP contribution >= 0.6 is 15.9 Å². The Bertz CT molecular complexity index is 869. The summed E-state index contributed by atoms with van der Waals surface area (Å²) < 4.78 is 6.69. The largest absolute Gasteiger partial charge is 0.494 e. The Kier molecular flexibility index (Phi) is 6.49. The maximum atomic E-state index is 6.24. The summed E-state index contributed by atoms with van der Waals surface area (Å²) in [5.74, 6) is 1.95. The van der Waals surface area contributed by atoms with Crippen LogP contribution in [0, 0.1) is 0 Å². The number of nitrogen functional groups attached to an aromatic ring is 1. The number of anilines is 5. The lowest BCUT2D eigenvalue weighted by Gasteiger charge is -2.13. The fourth-order valence-corrected chi connectivity index (χ4v) is 2.63. The number of aromatic nitrogens is 2. The van der Waals surface area contributed by atoms with Crippen molar-refractivity contribution in [2.45, 2.75) is 19.8 Å². The van der Waals surface area contributed by atoms with Crippen LogP contribution in [0.3, 0.4) is 0 Å². The third-order valence-electron chi connectivity index (χ3n) is 3.87. The summed E-state index contributed by atoms with van der Waals surface area (Å²) in [6.07, 6.45) is 3.64. The molecule has 4 N–H and O–H groups in total. The van der Waals surface area contributed by atoms with E-state index in [2.05, 4.69) is 43.5 Å². The molecule has 3 aromatic rings. The first-order chi connectivity index (χ1) is 13.2. The number of ether oxygens (including phenoxy) is 1. The minimum Gasteiger partial charge on any atom is -0.494 e. The number of nitrogens with two attached hydrogens (primary N) is 1. The maximum Gasteiger partial charge on any atom is 0.159 e. The highest BCUT2D eigenvalue weighted by molar-refractivity contribution is 9.10. The number of hydrogen-bond acceptors (Lipinski definition) is 6. The molecule has 0 spiro atoms. The Morgan fingerprint density at radius 3 is 2.04 bits per heavy atom. The molecule has 2 aromatic carbocycles. The lowest BCUT2D eigenvalue weighted by Crippen LogP contribution is -2.05. The molecule has 0 radical (unpaired) electrons. The molecule has 6 nitrogen and oxygen atoms in total. The van der Waals surface area contributed by atoms with Gasteiger partial charge in [0.05, 0.1) is 6.61 Å². The van der Waals surface area contributed by atoms with Crippen LogP contribution < -0.4 is 21.1 Å². The van der Waals surface area contributed by atoms with Crippen molar-refractivity contribution >= 4 is 44.6 Å². The first-order valence-electron chi connectivity index (χ1n) is 8.78. The van der Waals surface area contributed by atoms with E-state index in [1.165, 1.54) is 6.33 Å². The van der Waals surface area contributed by atoms with Crippen LogP contribution in [0.4, 0.5) is 28.7 Å². The molecule has 0 aliphatic heterocycles. The maximum absolute atomic E-state index is 6.24. The van der Waals surface area contributed by atoms with Crippen LogP contribution in [0.5, 0.6) is 5.75 Å². The molecule has 0 bridgehead atoms. The first-order valence-corrected chi connectivity index (χ1v) is 9.58. The Labute approximate surface area is 167 Å². The van der Waals surface area contributed by atoms with E-state index in [4.69, 9.17) is 10.5 Å². The van der Waals surface area contributed by atoms with Crippen molar-refractivity contribution in [3.05, 3.63) is 59.3 Å². The number of rotatable bonds is 8. The van der Waals surface area contributed by atoms with Gasteiger partial charge < -0.3 is 21.1 Å². The van der Waals surface area contributed by atoms with Gasteiger partial charge in [-0.2, -0.15) is 0 Å². The zero-order valence-electron chi connectivity index (χ0n) is 15.1. The summed E-state index contributed by atoms with van der Waals surface area (Å²) in [7, 11) is 0. The summed E-state index contributed by atoms with van der Waals surface area (Å²) in [6.45, 7) is 2.87. The number of unbranched alkanes of at least 4 members (excludes halogenated alkanes) is 1. The highest BCUT2D eigenvalue weighted by Gasteiger charge is 2.09. The predicted molar refractivity (Wildman–Crippen MR) is 114 cm³/mol. The van der Waals surface area contributed by atoms with Crippen molar-refractivity contribution in [1.29, 1.82) is 0 Å². The molecular weight excluding hydrogens is 406 g/mol. The molecule has 27 heavy (non-hydrogen) atoms. The van der Waals surface area contributed by atoms with Gasteiger partial charge in [-0.25, -0.2) is 9.97 Å². The van der Waals surface area contributed by atoms with E-state index in [0.717, 1.165) is 41.0 Å². The molecule has 0 amide bonds. The standard InChI is InChI=1S/C20H22BrN5O/c1-2-3-12-27-17-10-8-16(9-11-17)26-20-18(22)19(23-13-24-20)25-15-6-4-14(21)5-7-15/h4-11,13H,2-3,12,22H2,1H3,(H2,23,24,25,26). The van der Waals surface area contributed by atoms with Gasteiger partial charge in [0.15, 0.2) is 11.6 Å². The highest BCUT2D eigenvalue weighted by atomic mass is 79.9. The van der Waals surface area contributed by atoms with E-state index >= 15 is 0 Å². The van der Waals surface area contributed by atoms with E-state index in [0.29, 0.717) is 17.3 Å². The summed E-state index contributed by atoms with van der Waals surface area (Å²) in [5, 5.41) is 6.43. The monoisotopic (exact) mass is 427 g/mol. The molecule has 0 aliphatic carbocycles. The molecule has 0 saturated carbocycles. The summed E-state index contributed by atoms with van der Waals surface area (Å²) in [4.78, 5) is 8.48. The molecule has 0 atom stereocenters. The van der Waals surface area contributed by atoms with E-state index < -0.39 is 0 Å². The van der Waals surface area contributed by atoms with E-state index in [-0.39, 0.29) is 0 Å². The Morgan fingerprint density at radius 2 is 1.48 bits per heavy atom. The molecule has 1 aromatic heterocycles. The number of benzene rings is 2. The number of nitrogens with one attached hydrogen (secondary N) is 2. The normalized spacial score (nSPS) is 10.4. The fourth-order valence-electron chi connectivity index (χ4n) is 2.37. The molecule has 0 saturated heterocycles. The summed E-state index contributed by atoms with van der Waals surface area (Å²) in [6, 6.07) is 15.5. The van der Waals surface area contributed by atoms with Gasteiger partial charge in [0.2, 0.25) is 0 Å². The van der Waals surface area contributed by atoms with Gasteiger partial charge >= 0.3 is 0 Å². The number of nitrogens with zero attached hydrogens (tertiary/aromatic N) is 2. The van der Waals surface area contributed by atoms with Gasteiger partial charge in [-0.05, 0) is 55.0 Å². The number of halogens is 1. The summed E-state index contributed by atoms with van der Waals surface area (Å²) in [5.41, 5.74) is 8.45. The highest BCUT2D eigenvalue weighted by Crippen LogP contribution is 2.29. The minimum absolute atomic E-state index is 0.448. The quantitative estimate of drug-likeness (QED) is 0.412. The van der Waals surface area contributed by atoms with Gasteiger partial charge in [-0.15, -0.1) is 0 Å². The molecule has 1 heterocycles. The lowest BCUT2D eigenvalue weighted by atomic mass is 10.3.